The smallest absolute Gasteiger partial charge is 0.354 e. The molecule has 93 heavy (non-hydrogen) atoms. The zero-order valence-electron chi connectivity index (χ0n) is 55.5. The van der Waals surface area contributed by atoms with E-state index >= 15 is 14.4 Å². The molecule has 1 aromatic heterocycles. The third-order valence-electron chi connectivity index (χ3n) is 18.0. The molecule has 504 valence electrons. The Balaban J connectivity index is 1.20. The summed E-state index contributed by atoms with van der Waals surface area (Å²) in [6, 6.07) is -7.76. The topological polar surface area (TPSA) is 355 Å². The monoisotopic (exact) mass is 1290 g/mol. The van der Waals surface area contributed by atoms with Crippen LogP contribution in [0.15, 0.2) is 27.5 Å². The number of nitrogens with one attached hydrogen (secondary N) is 5. The van der Waals surface area contributed by atoms with Gasteiger partial charge in [0.05, 0.1) is 35.6 Å². The number of aryl methyl sites for hydroxylation is 2. The summed E-state index contributed by atoms with van der Waals surface area (Å²) in [6.07, 6.45) is -0.819. The summed E-state index contributed by atoms with van der Waals surface area (Å²) >= 11 is 0. The van der Waals surface area contributed by atoms with Gasteiger partial charge in [0, 0.05) is 46.8 Å². The van der Waals surface area contributed by atoms with Crippen LogP contribution in [0, 0.1) is 37.5 Å². The molecule has 8 rings (SSSR count). The average molecular weight is 1300 g/mol. The standard InChI is InChI=1S/C64H86N12O17/c1-28(2)43-61(86)75-23-17-19-37(75)59(84)71(13)26-39(77)73(15)50(30(5)6)63(88)90-34(11)45(57(82)67-43)69-55(80)36-22-21-32(9)52-47(36)66-49-42(48-53(33(10)54(49)93-52)92-41(79)25-65-48)56(81)70-46-35(12)91-64(89)51(31(7)8)74(16)40(78)27-72(14)60(85)38-20-18-24-76(38)62(87)44(29(3)4)68-58(46)83/h21-22,25,28-31,34-35,37-38,43-46,50-51,66H,17-20,23-24,26-27H2,1-16H3,(H,67,82)(H,68,83)(H,69,80)(H,70,81)/t34-,35-,37+,38+,43-,44-,45+,46+,50+,51+/m1/s1. The molecule has 4 fully saturated rings. The van der Waals surface area contributed by atoms with Crippen molar-refractivity contribution in [2.45, 2.75) is 169 Å². The molecule has 29 nitrogen and oxygen atoms in total. The first-order chi connectivity index (χ1) is 43.7. The number of anilines is 2. The fourth-order valence-corrected chi connectivity index (χ4v) is 12.8. The van der Waals surface area contributed by atoms with Crippen molar-refractivity contribution in [3.05, 3.63) is 51.0 Å². The number of hydrogen-bond acceptors (Lipinski definition) is 19. The molecule has 5 N–H and O–H groups in total. The minimum absolute atomic E-state index is 0.00834. The third-order valence-corrected chi connectivity index (χ3v) is 18.0. The molecule has 6 heterocycles. The van der Waals surface area contributed by atoms with Gasteiger partial charge in [-0.2, -0.15) is 0 Å². The number of ether oxygens (including phenoxy) is 3. The van der Waals surface area contributed by atoms with E-state index in [1.54, 1.807) is 62.3 Å². The number of likely N-dealkylation sites (N-methyl/N-ethyl adjacent to an activating group) is 4. The van der Waals surface area contributed by atoms with E-state index in [9.17, 15) is 47.9 Å². The lowest BCUT2D eigenvalue weighted by molar-refractivity contribution is -0.163. The minimum Gasteiger partial charge on any atom is -0.458 e. The van der Waals surface area contributed by atoms with Gasteiger partial charge in [0.15, 0.2) is 17.1 Å². The SMILES string of the molecule is Cc1ccc(C(=O)N[C@@H]2C(=O)N[C@H](C(C)C)C(=O)N3CCC[C@H]3C(=O)N(C)CC(=O)N(C)[C@@H](C(C)C)C(=O)O[C@@H]2C)c2c1Oc1c(c(C(=O)N[C@@H]3C(=O)N[C@H](C(C)C)C(=O)N4CCC[C@H]4C(=O)N(C)CC(=O)N(C)[C@@H](C(C)C)C(=O)O[C@@H]3C)c3ncc(=O)oc3c1C)N2. The number of amides is 10. The molecule has 5 aliphatic rings. The second-order valence-electron chi connectivity index (χ2n) is 26.2. The fraction of sp³-hybridized carbons (Fsp3) is 0.594. The Morgan fingerprint density at radius 1 is 0.591 bits per heavy atom. The van der Waals surface area contributed by atoms with Gasteiger partial charge in [0.25, 0.3) is 11.8 Å². The van der Waals surface area contributed by atoms with E-state index in [1.165, 1.54) is 80.7 Å². The Kier molecular flexibility index (Phi) is 21.0. The molecule has 3 aromatic rings. The number of fused-ring (bicyclic) bond motifs is 5. The van der Waals surface area contributed by atoms with E-state index in [0.717, 1.165) is 16.0 Å². The number of rotatable bonds is 8. The molecule has 0 bridgehead atoms. The molecule has 0 radical (unpaired) electrons. The van der Waals surface area contributed by atoms with Crippen LogP contribution >= 0.6 is 0 Å². The van der Waals surface area contributed by atoms with E-state index in [-0.39, 0.29) is 71.0 Å². The van der Waals surface area contributed by atoms with Crippen LogP contribution in [0.1, 0.15) is 127 Å². The number of cyclic esters (lactones) is 2. The van der Waals surface area contributed by atoms with E-state index in [2.05, 4.69) is 31.6 Å². The van der Waals surface area contributed by atoms with Crippen LogP contribution in [-0.4, -0.2) is 220 Å². The Hall–Kier alpha value is -9.18. The second-order valence-corrected chi connectivity index (χ2v) is 26.2. The van der Waals surface area contributed by atoms with E-state index in [0.29, 0.717) is 18.4 Å². The van der Waals surface area contributed by atoms with Gasteiger partial charge in [-0.05, 0) is 88.7 Å². The molecule has 10 amide bonds. The quantitative estimate of drug-likeness (QED) is 0.157. The van der Waals surface area contributed by atoms with Crippen LogP contribution in [0.3, 0.4) is 0 Å². The fourth-order valence-electron chi connectivity index (χ4n) is 12.8. The summed E-state index contributed by atoms with van der Waals surface area (Å²) in [5.74, 6) is -11.9. The Bertz CT molecular complexity index is 3600. The third kappa shape index (κ3) is 14.0. The highest BCUT2D eigenvalue weighted by Crippen LogP contribution is 2.50. The summed E-state index contributed by atoms with van der Waals surface area (Å²) in [7, 11) is 5.61. The van der Waals surface area contributed by atoms with E-state index in [4.69, 9.17) is 18.6 Å². The largest absolute Gasteiger partial charge is 0.458 e. The first-order valence-electron chi connectivity index (χ1n) is 31.5. The van der Waals surface area contributed by atoms with E-state index < -0.39 is 180 Å². The number of carbonyl (C=O) groups is 12. The molecule has 0 saturated carbocycles. The summed E-state index contributed by atoms with van der Waals surface area (Å²) in [4.78, 5) is 199. The van der Waals surface area contributed by atoms with Gasteiger partial charge in [0.1, 0.15) is 72.3 Å². The number of nitrogens with zero attached hydrogens (tertiary/aromatic N) is 7. The van der Waals surface area contributed by atoms with E-state index in [1.807, 2.05) is 0 Å². The first kappa shape index (κ1) is 69.7. The number of hydrogen-bond donors (Lipinski definition) is 5. The van der Waals surface area contributed by atoms with Crippen molar-refractivity contribution >= 4 is 93.5 Å². The molecule has 2 aromatic carbocycles. The lowest BCUT2D eigenvalue weighted by atomic mass is 9.98. The van der Waals surface area contributed by atoms with Crippen molar-refractivity contribution in [1.29, 1.82) is 0 Å². The molecule has 29 heteroatoms. The molecular weight excluding hydrogens is 1210 g/mol. The predicted molar refractivity (Wildman–Crippen MR) is 334 cm³/mol. The molecule has 0 unspecified atom stereocenters. The van der Waals surface area contributed by atoms with Gasteiger partial charge in [-0.3, -0.25) is 47.9 Å². The number of aromatic nitrogens is 1. The highest BCUT2D eigenvalue weighted by Gasteiger charge is 2.47. The van der Waals surface area contributed by atoms with Gasteiger partial charge >= 0.3 is 17.6 Å². The van der Waals surface area contributed by atoms with Crippen LogP contribution in [0.5, 0.6) is 11.5 Å². The highest BCUT2D eigenvalue weighted by atomic mass is 16.6. The second kappa shape index (κ2) is 28.0. The van der Waals surface area contributed by atoms with Gasteiger partial charge < -0.3 is 74.6 Å². The maximum absolute atomic E-state index is 15.6. The summed E-state index contributed by atoms with van der Waals surface area (Å²) < 4.78 is 24.3. The molecular formula is C64H86N12O17. The number of carbonyl (C=O) groups excluding carboxylic acids is 12. The lowest BCUT2D eigenvalue weighted by Gasteiger charge is -2.36. The minimum atomic E-state index is -1.86. The van der Waals surface area contributed by atoms with Crippen LogP contribution < -0.4 is 36.9 Å². The summed E-state index contributed by atoms with van der Waals surface area (Å²) in [5, 5.41) is 14.1. The van der Waals surface area contributed by atoms with Crippen LogP contribution in [0.25, 0.3) is 11.1 Å². The Morgan fingerprint density at radius 3 is 1.48 bits per heavy atom. The number of benzene rings is 2. The van der Waals surface area contributed by atoms with Crippen LogP contribution in [-0.2, 0) is 57.4 Å². The van der Waals surface area contributed by atoms with Crippen molar-refractivity contribution in [3.63, 3.8) is 0 Å². The van der Waals surface area contributed by atoms with Crippen molar-refractivity contribution in [2.75, 3.05) is 59.7 Å². The lowest BCUT2D eigenvalue weighted by Crippen LogP contribution is -2.61. The maximum atomic E-state index is 15.6. The van der Waals surface area contributed by atoms with Crippen molar-refractivity contribution in [1.82, 2.24) is 55.7 Å². The Labute approximate surface area is 538 Å². The predicted octanol–water partition coefficient (Wildman–Crippen LogP) is 1.89. The Morgan fingerprint density at radius 2 is 1.04 bits per heavy atom. The summed E-state index contributed by atoms with van der Waals surface area (Å²) in [5.41, 5.74) is -1.81. The van der Waals surface area contributed by atoms with Gasteiger partial charge in [-0.15, -0.1) is 0 Å². The van der Waals surface area contributed by atoms with Gasteiger partial charge in [-0.1, -0.05) is 61.5 Å². The van der Waals surface area contributed by atoms with Crippen LogP contribution in [0.2, 0.25) is 0 Å². The van der Waals surface area contributed by atoms with Gasteiger partial charge in [-0.25, -0.2) is 19.4 Å². The molecule has 0 aliphatic carbocycles. The normalized spacial score (nSPS) is 26.0. The molecule has 10 atom stereocenters. The van der Waals surface area contributed by atoms with Crippen molar-refractivity contribution < 1.29 is 76.2 Å². The zero-order chi connectivity index (χ0) is 68.7. The first-order valence-corrected chi connectivity index (χ1v) is 31.5. The van der Waals surface area contributed by atoms with Crippen molar-refractivity contribution in [3.8, 4) is 11.5 Å². The van der Waals surface area contributed by atoms with Gasteiger partial charge in [0.2, 0.25) is 47.3 Å². The van der Waals surface area contributed by atoms with Crippen molar-refractivity contribution in [2.24, 2.45) is 23.7 Å². The molecule has 0 spiro atoms. The van der Waals surface area contributed by atoms with Crippen LogP contribution in [0.4, 0.5) is 11.4 Å². The summed E-state index contributed by atoms with van der Waals surface area (Å²) in [6.45, 7) is 18.7. The average Bonchev–Trinajstić information content (AvgIpc) is 1.31. The molecule has 5 aliphatic heterocycles. The highest BCUT2D eigenvalue weighted by molar-refractivity contribution is 6.15. The maximum Gasteiger partial charge on any atom is 0.354 e. The zero-order valence-corrected chi connectivity index (χ0v) is 55.5. The number of esters is 2. The molecule has 4 saturated heterocycles.